The lowest BCUT2D eigenvalue weighted by Gasteiger charge is -2.24. The van der Waals surface area contributed by atoms with Gasteiger partial charge in [-0.2, -0.15) is 0 Å². The Balaban J connectivity index is 1.64. The highest BCUT2D eigenvalue weighted by Gasteiger charge is 2.27. The zero-order valence-electron chi connectivity index (χ0n) is 22.6. The van der Waals surface area contributed by atoms with Crippen LogP contribution in [0, 0.1) is 5.92 Å². The van der Waals surface area contributed by atoms with Gasteiger partial charge in [-0.05, 0) is 48.6 Å². The number of ketones is 1. The van der Waals surface area contributed by atoms with Gasteiger partial charge in [0.15, 0.2) is 23.9 Å². The van der Waals surface area contributed by atoms with E-state index in [1.54, 1.807) is 36.6 Å². The number of amides is 2. The number of nitrogens with one attached hydrogen (secondary N) is 2. The van der Waals surface area contributed by atoms with Crippen molar-refractivity contribution in [3.63, 3.8) is 0 Å². The second-order valence-electron chi connectivity index (χ2n) is 9.48. The Morgan fingerprint density at radius 2 is 1.62 bits per heavy atom. The first-order valence-corrected chi connectivity index (χ1v) is 14.0. The van der Waals surface area contributed by atoms with Crippen LogP contribution in [0.25, 0.3) is 0 Å². The number of thioether (sulfide) groups is 1. The van der Waals surface area contributed by atoms with E-state index >= 15 is 0 Å². The van der Waals surface area contributed by atoms with Crippen molar-refractivity contribution in [2.24, 2.45) is 5.92 Å². The zero-order chi connectivity index (χ0) is 28.0. The molecule has 0 aliphatic heterocycles. The van der Waals surface area contributed by atoms with E-state index in [4.69, 9.17) is 13.9 Å². The Kier molecular flexibility index (Phi) is 12.0. The van der Waals surface area contributed by atoms with Gasteiger partial charge in [0.2, 0.25) is 5.91 Å². The van der Waals surface area contributed by atoms with Gasteiger partial charge in [-0.3, -0.25) is 14.4 Å². The molecule has 8 nitrogen and oxygen atoms in total. The summed E-state index contributed by atoms with van der Waals surface area (Å²) in [6.07, 6.45) is 2.36. The molecule has 0 saturated heterocycles. The van der Waals surface area contributed by atoms with Crippen molar-refractivity contribution >= 4 is 29.4 Å². The lowest BCUT2D eigenvalue weighted by Crippen LogP contribution is -2.53. The SMILES string of the molecule is COc1ccccc1OCC(=O)N[C@@H](CC(C)C)C(=O)N[C@@H](Cc1ccccc1)C(=O)CSCc1ccco1. The Hall–Kier alpha value is -3.72. The number of hydrogen-bond acceptors (Lipinski definition) is 7. The molecule has 0 unspecified atom stereocenters. The summed E-state index contributed by atoms with van der Waals surface area (Å²) < 4.78 is 16.2. The molecule has 208 valence electrons. The summed E-state index contributed by atoms with van der Waals surface area (Å²) in [5.41, 5.74) is 0.932. The Morgan fingerprint density at radius 3 is 2.28 bits per heavy atom. The molecule has 9 heteroatoms. The molecule has 1 aromatic heterocycles. The molecule has 1 heterocycles. The molecule has 0 fully saturated rings. The van der Waals surface area contributed by atoms with Gasteiger partial charge < -0.3 is 24.5 Å². The van der Waals surface area contributed by atoms with E-state index in [-0.39, 0.29) is 24.1 Å². The van der Waals surface area contributed by atoms with Crippen LogP contribution < -0.4 is 20.1 Å². The first kappa shape index (κ1) is 29.8. The van der Waals surface area contributed by atoms with Gasteiger partial charge in [-0.15, -0.1) is 11.8 Å². The maximum atomic E-state index is 13.4. The monoisotopic (exact) mass is 552 g/mol. The molecular weight excluding hydrogens is 516 g/mol. The molecule has 2 aromatic carbocycles. The number of benzene rings is 2. The highest BCUT2D eigenvalue weighted by molar-refractivity contribution is 7.99. The molecule has 0 aliphatic carbocycles. The van der Waals surface area contributed by atoms with Crippen molar-refractivity contribution < 1.29 is 28.3 Å². The van der Waals surface area contributed by atoms with Gasteiger partial charge in [-0.1, -0.05) is 56.3 Å². The lowest BCUT2D eigenvalue weighted by molar-refractivity contribution is -0.132. The van der Waals surface area contributed by atoms with E-state index in [2.05, 4.69) is 10.6 Å². The van der Waals surface area contributed by atoms with Gasteiger partial charge in [0.05, 0.1) is 30.9 Å². The average Bonchev–Trinajstić information content (AvgIpc) is 3.45. The minimum absolute atomic E-state index is 0.0992. The molecule has 39 heavy (non-hydrogen) atoms. The van der Waals surface area contributed by atoms with Crippen LogP contribution in [0.15, 0.2) is 77.4 Å². The molecule has 0 spiro atoms. The van der Waals surface area contributed by atoms with Crippen molar-refractivity contribution in [1.82, 2.24) is 10.6 Å². The largest absolute Gasteiger partial charge is 0.493 e. The van der Waals surface area contributed by atoms with Crippen LogP contribution in [0.5, 0.6) is 11.5 Å². The van der Waals surface area contributed by atoms with E-state index in [0.717, 1.165) is 11.3 Å². The second kappa shape index (κ2) is 15.6. The van der Waals surface area contributed by atoms with Crippen LogP contribution in [0.2, 0.25) is 0 Å². The highest BCUT2D eigenvalue weighted by atomic mass is 32.2. The van der Waals surface area contributed by atoms with Crippen molar-refractivity contribution in [3.05, 3.63) is 84.3 Å². The molecular formula is C30H36N2O6S. The topological polar surface area (TPSA) is 107 Å². The number of hydrogen-bond donors (Lipinski definition) is 2. The number of carbonyl (C=O) groups excluding carboxylic acids is 3. The van der Waals surface area contributed by atoms with E-state index in [1.165, 1.54) is 18.9 Å². The van der Waals surface area contributed by atoms with Gasteiger partial charge in [0, 0.05) is 0 Å². The lowest BCUT2D eigenvalue weighted by atomic mass is 10.00. The molecule has 0 radical (unpaired) electrons. The minimum Gasteiger partial charge on any atom is -0.493 e. The molecule has 3 aromatic rings. The van der Waals surface area contributed by atoms with Crippen molar-refractivity contribution in [2.75, 3.05) is 19.5 Å². The Morgan fingerprint density at radius 1 is 0.897 bits per heavy atom. The first-order chi connectivity index (χ1) is 18.9. The summed E-state index contributed by atoms with van der Waals surface area (Å²) in [5, 5.41) is 5.69. The number of carbonyl (C=O) groups is 3. The third-order valence-electron chi connectivity index (χ3n) is 5.84. The average molecular weight is 553 g/mol. The summed E-state index contributed by atoms with van der Waals surface area (Å²) >= 11 is 1.43. The molecule has 2 N–H and O–H groups in total. The van der Waals surface area contributed by atoms with Crippen LogP contribution in [0.4, 0.5) is 0 Å². The van der Waals surface area contributed by atoms with E-state index in [9.17, 15) is 14.4 Å². The minimum atomic E-state index is -0.819. The molecule has 0 saturated carbocycles. The molecule has 2 amide bonds. The number of methoxy groups -OCH3 is 1. The smallest absolute Gasteiger partial charge is 0.258 e. The van der Waals surface area contributed by atoms with Crippen molar-refractivity contribution in [3.8, 4) is 11.5 Å². The van der Waals surface area contributed by atoms with Crippen LogP contribution in [-0.2, 0) is 26.6 Å². The molecule has 0 aliphatic rings. The summed E-state index contributed by atoms with van der Waals surface area (Å²) in [4.78, 5) is 39.3. The van der Waals surface area contributed by atoms with Crippen molar-refractivity contribution in [2.45, 2.75) is 44.5 Å². The molecule has 2 atom stereocenters. The van der Waals surface area contributed by atoms with Crippen molar-refractivity contribution in [1.29, 1.82) is 0 Å². The number of furan rings is 1. The Labute approximate surface area is 233 Å². The fraction of sp³-hybridized carbons (Fsp3) is 0.367. The zero-order valence-corrected chi connectivity index (χ0v) is 23.4. The van der Waals surface area contributed by atoms with Gasteiger partial charge in [0.1, 0.15) is 11.8 Å². The summed E-state index contributed by atoms with van der Waals surface area (Å²) in [5.74, 6) is 1.68. The molecule has 3 rings (SSSR count). The first-order valence-electron chi connectivity index (χ1n) is 12.9. The van der Waals surface area contributed by atoms with Crippen LogP contribution in [0.1, 0.15) is 31.6 Å². The number of rotatable bonds is 16. The van der Waals surface area contributed by atoms with Gasteiger partial charge in [0.25, 0.3) is 5.91 Å². The fourth-order valence-electron chi connectivity index (χ4n) is 3.94. The van der Waals surface area contributed by atoms with Crippen LogP contribution >= 0.6 is 11.8 Å². The summed E-state index contributed by atoms with van der Waals surface area (Å²) in [6, 6.07) is 18.7. The predicted molar refractivity (Wildman–Crippen MR) is 152 cm³/mol. The standard InChI is InChI=1S/C30H36N2O6S/c1-21(2)16-25(31-29(34)18-38-28-14-8-7-13-27(28)36-3)30(35)32-24(17-22-10-5-4-6-11-22)26(33)20-39-19-23-12-9-15-37-23/h4-15,21,24-25H,16-20H2,1-3H3,(H,31,34)(H,32,35)/t24-,25-/m0/s1. The van der Waals surface area contributed by atoms with Crippen LogP contribution in [0.3, 0.4) is 0 Å². The third kappa shape index (κ3) is 10.2. The third-order valence-corrected chi connectivity index (χ3v) is 6.82. The highest BCUT2D eigenvalue weighted by Crippen LogP contribution is 2.25. The fourth-order valence-corrected chi connectivity index (χ4v) is 4.81. The summed E-state index contributed by atoms with van der Waals surface area (Å²) in [7, 11) is 1.52. The maximum Gasteiger partial charge on any atom is 0.258 e. The number of ether oxygens (including phenoxy) is 2. The van der Waals surface area contributed by atoms with Gasteiger partial charge in [-0.25, -0.2) is 0 Å². The Bertz CT molecular complexity index is 1180. The number of Topliss-reactive ketones (excluding diaryl/α,β-unsaturated/α-hetero) is 1. The van der Waals surface area contributed by atoms with Gasteiger partial charge >= 0.3 is 0 Å². The molecule has 0 bridgehead atoms. The normalized spacial score (nSPS) is 12.4. The second-order valence-corrected chi connectivity index (χ2v) is 10.5. The maximum absolute atomic E-state index is 13.4. The predicted octanol–water partition coefficient (Wildman–Crippen LogP) is 4.43. The van der Waals surface area contributed by atoms with E-state index < -0.39 is 23.9 Å². The summed E-state index contributed by atoms with van der Waals surface area (Å²) in [6.45, 7) is 3.66. The van der Waals surface area contributed by atoms with E-state index in [1.807, 2.05) is 50.2 Å². The van der Waals surface area contributed by atoms with Crippen LogP contribution in [-0.4, -0.2) is 49.2 Å². The quantitative estimate of drug-likeness (QED) is 0.271. The number of para-hydroxylation sites is 2. The van der Waals surface area contributed by atoms with E-state index in [0.29, 0.717) is 30.1 Å².